The highest BCUT2D eigenvalue weighted by atomic mass is 14.8. The van der Waals surface area contributed by atoms with E-state index in [2.05, 4.69) is 45.3 Å². The molecule has 3 nitrogen and oxygen atoms in total. The molecule has 94 valence electrons. The minimum absolute atomic E-state index is 0.913. The molecule has 0 spiro atoms. The molecule has 0 unspecified atom stereocenters. The summed E-state index contributed by atoms with van der Waals surface area (Å²) in [6.07, 6.45) is 5.24. The van der Waals surface area contributed by atoms with Crippen LogP contribution in [-0.2, 0) is 0 Å². The molecule has 2 aromatic heterocycles. The van der Waals surface area contributed by atoms with Gasteiger partial charge < -0.3 is 0 Å². The van der Waals surface area contributed by atoms with E-state index in [0.29, 0.717) is 0 Å². The molecule has 4 rings (SSSR count). The molecular weight excluding hydrogens is 246 g/mol. The first kappa shape index (κ1) is 11.1. The lowest BCUT2D eigenvalue weighted by Gasteiger charge is -2.05. The number of pyridine rings is 1. The van der Waals surface area contributed by atoms with Gasteiger partial charge in [-0.05, 0) is 41.5 Å². The second kappa shape index (κ2) is 4.38. The first-order valence-electron chi connectivity index (χ1n) is 6.46. The van der Waals surface area contributed by atoms with Gasteiger partial charge >= 0.3 is 0 Å². The number of aromatic nitrogens is 3. The van der Waals surface area contributed by atoms with Gasteiger partial charge in [-0.3, -0.25) is 15.0 Å². The van der Waals surface area contributed by atoms with Gasteiger partial charge in [-0.1, -0.05) is 18.2 Å². The van der Waals surface area contributed by atoms with E-state index in [1.165, 1.54) is 0 Å². The second-order valence-electron chi connectivity index (χ2n) is 4.67. The molecule has 0 saturated heterocycles. The van der Waals surface area contributed by atoms with E-state index >= 15 is 0 Å². The van der Waals surface area contributed by atoms with Gasteiger partial charge in [-0.2, -0.15) is 0 Å². The monoisotopic (exact) mass is 257 g/mol. The topological polar surface area (TPSA) is 38.7 Å². The maximum absolute atomic E-state index is 4.35. The minimum atomic E-state index is 0.913. The van der Waals surface area contributed by atoms with E-state index in [-0.39, 0.29) is 0 Å². The van der Waals surface area contributed by atoms with Crippen molar-refractivity contribution in [2.24, 2.45) is 0 Å². The van der Waals surface area contributed by atoms with Crippen LogP contribution in [0.3, 0.4) is 0 Å². The summed E-state index contributed by atoms with van der Waals surface area (Å²) >= 11 is 0. The Labute approximate surface area is 116 Å². The van der Waals surface area contributed by atoms with Crippen molar-refractivity contribution in [3.05, 3.63) is 67.1 Å². The molecule has 0 aliphatic rings. The molecule has 0 radical (unpaired) electrons. The fourth-order valence-corrected chi connectivity index (χ4v) is 2.40. The molecule has 4 aromatic rings. The largest absolute Gasteiger partial charge is 0.256 e. The summed E-state index contributed by atoms with van der Waals surface area (Å²) in [5.41, 5.74) is 5.15. The molecule has 0 aliphatic carbocycles. The zero-order chi connectivity index (χ0) is 13.4. The second-order valence-corrected chi connectivity index (χ2v) is 4.67. The van der Waals surface area contributed by atoms with Crippen molar-refractivity contribution in [1.82, 2.24) is 15.0 Å². The van der Waals surface area contributed by atoms with E-state index in [9.17, 15) is 0 Å². The lowest BCUT2D eigenvalue weighted by molar-refractivity contribution is 1.29. The Hall–Kier alpha value is -2.81. The maximum Gasteiger partial charge on any atom is 0.0892 e. The van der Waals surface area contributed by atoms with Crippen LogP contribution >= 0.6 is 0 Å². The molecule has 0 fully saturated rings. The van der Waals surface area contributed by atoms with Crippen LogP contribution in [0.5, 0.6) is 0 Å². The molecule has 3 heteroatoms. The average Bonchev–Trinajstić information content (AvgIpc) is 2.54. The van der Waals surface area contributed by atoms with E-state index < -0.39 is 0 Å². The SMILES string of the molecule is c1cnc2ccc(-c3ccc4nccnc4c3)cc2c1. The molecule has 0 amide bonds. The first-order valence-corrected chi connectivity index (χ1v) is 6.46. The highest BCUT2D eigenvalue weighted by Crippen LogP contribution is 2.25. The summed E-state index contributed by atoms with van der Waals surface area (Å²) in [6, 6.07) is 16.5. The molecule has 0 N–H and O–H groups in total. The summed E-state index contributed by atoms with van der Waals surface area (Å²) in [5, 5.41) is 1.14. The van der Waals surface area contributed by atoms with Crippen molar-refractivity contribution >= 4 is 21.9 Å². The highest BCUT2D eigenvalue weighted by Gasteiger charge is 2.02. The zero-order valence-corrected chi connectivity index (χ0v) is 10.7. The lowest BCUT2D eigenvalue weighted by Crippen LogP contribution is -1.85. The normalized spacial score (nSPS) is 11.0. The van der Waals surface area contributed by atoms with Crippen molar-refractivity contribution in [1.29, 1.82) is 0 Å². The van der Waals surface area contributed by atoms with Crippen molar-refractivity contribution < 1.29 is 0 Å². The number of nitrogens with zero attached hydrogens (tertiary/aromatic N) is 3. The van der Waals surface area contributed by atoms with Crippen LogP contribution in [0.1, 0.15) is 0 Å². The smallest absolute Gasteiger partial charge is 0.0892 e. The predicted molar refractivity (Wildman–Crippen MR) is 80.3 cm³/mol. The molecule has 0 atom stereocenters. The lowest BCUT2D eigenvalue weighted by atomic mass is 10.0. The summed E-state index contributed by atoms with van der Waals surface area (Å²) in [7, 11) is 0. The molecule has 2 heterocycles. The van der Waals surface area contributed by atoms with Gasteiger partial charge in [0.2, 0.25) is 0 Å². The van der Waals surface area contributed by atoms with Gasteiger partial charge in [0.15, 0.2) is 0 Å². The van der Waals surface area contributed by atoms with Crippen LogP contribution in [0.4, 0.5) is 0 Å². The van der Waals surface area contributed by atoms with Crippen LogP contribution in [0, 0.1) is 0 Å². The maximum atomic E-state index is 4.35. The summed E-state index contributed by atoms with van der Waals surface area (Å²) < 4.78 is 0. The standard InChI is InChI=1S/C17H11N3/c1-2-14-10-12(3-5-15(14)18-7-1)13-4-6-16-17(11-13)20-9-8-19-16/h1-11H. The predicted octanol–water partition coefficient (Wildman–Crippen LogP) is 3.85. The summed E-state index contributed by atoms with van der Waals surface area (Å²) in [4.78, 5) is 13.0. The van der Waals surface area contributed by atoms with Crippen LogP contribution in [0.2, 0.25) is 0 Å². The first-order chi connectivity index (χ1) is 9.90. The molecule has 20 heavy (non-hydrogen) atoms. The molecular formula is C17H11N3. The third-order valence-corrected chi connectivity index (χ3v) is 3.41. The van der Waals surface area contributed by atoms with Crippen LogP contribution in [0.15, 0.2) is 67.1 Å². The quantitative estimate of drug-likeness (QED) is 0.520. The van der Waals surface area contributed by atoms with Crippen molar-refractivity contribution in [3.63, 3.8) is 0 Å². The van der Waals surface area contributed by atoms with Crippen LogP contribution in [0.25, 0.3) is 33.1 Å². The van der Waals surface area contributed by atoms with Crippen molar-refractivity contribution in [2.45, 2.75) is 0 Å². The Morgan fingerprint density at radius 1 is 0.550 bits per heavy atom. The van der Waals surface area contributed by atoms with Gasteiger partial charge in [0.05, 0.1) is 16.6 Å². The van der Waals surface area contributed by atoms with E-state index in [1.807, 2.05) is 24.4 Å². The molecule has 0 aliphatic heterocycles. The average molecular weight is 257 g/mol. The number of hydrogen-bond donors (Lipinski definition) is 0. The van der Waals surface area contributed by atoms with Crippen molar-refractivity contribution in [3.8, 4) is 11.1 Å². The minimum Gasteiger partial charge on any atom is -0.256 e. The number of hydrogen-bond acceptors (Lipinski definition) is 3. The third kappa shape index (κ3) is 1.80. The van der Waals surface area contributed by atoms with Gasteiger partial charge in [0.1, 0.15) is 0 Å². The Morgan fingerprint density at radius 3 is 2.15 bits per heavy atom. The van der Waals surface area contributed by atoms with Crippen LogP contribution in [-0.4, -0.2) is 15.0 Å². The Morgan fingerprint density at radius 2 is 1.25 bits per heavy atom. The Kier molecular flexibility index (Phi) is 2.42. The van der Waals surface area contributed by atoms with Crippen LogP contribution < -0.4 is 0 Å². The number of fused-ring (bicyclic) bond motifs is 2. The summed E-state index contributed by atoms with van der Waals surface area (Å²) in [6.45, 7) is 0. The molecule has 0 saturated carbocycles. The van der Waals surface area contributed by atoms with Gasteiger partial charge in [-0.15, -0.1) is 0 Å². The van der Waals surface area contributed by atoms with E-state index in [4.69, 9.17) is 0 Å². The van der Waals surface area contributed by atoms with Crippen molar-refractivity contribution in [2.75, 3.05) is 0 Å². The molecule has 0 bridgehead atoms. The van der Waals surface area contributed by atoms with Gasteiger partial charge in [-0.25, -0.2) is 0 Å². The number of rotatable bonds is 1. The fourth-order valence-electron chi connectivity index (χ4n) is 2.40. The van der Waals surface area contributed by atoms with E-state index in [1.54, 1.807) is 12.4 Å². The van der Waals surface area contributed by atoms with E-state index in [0.717, 1.165) is 33.1 Å². The zero-order valence-electron chi connectivity index (χ0n) is 10.7. The Bertz CT molecular complexity index is 838. The highest BCUT2D eigenvalue weighted by molar-refractivity contribution is 5.87. The summed E-state index contributed by atoms with van der Waals surface area (Å²) in [5.74, 6) is 0. The third-order valence-electron chi connectivity index (χ3n) is 3.41. The Balaban J connectivity index is 1.91. The number of benzene rings is 2. The fraction of sp³-hybridized carbons (Fsp3) is 0. The van der Waals surface area contributed by atoms with Gasteiger partial charge in [0.25, 0.3) is 0 Å². The van der Waals surface area contributed by atoms with Gasteiger partial charge in [0, 0.05) is 24.0 Å². The molecule has 2 aromatic carbocycles.